The number of carbonyl (C=O) groups excluding carboxylic acids is 2. The first-order chi connectivity index (χ1) is 12.4. The molecule has 0 spiro atoms. The number of amides is 1. The van der Waals surface area contributed by atoms with E-state index in [1.54, 1.807) is 45.2 Å². The zero-order chi connectivity index (χ0) is 19.1. The minimum absolute atomic E-state index is 0.0591. The van der Waals surface area contributed by atoms with Crippen LogP contribution in [-0.2, 0) is 16.1 Å². The van der Waals surface area contributed by atoms with Crippen LogP contribution >= 0.6 is 0 Å². The molecule has 140 valence electrons. The third-order valence-corrected chi connectivity index (χ3v) is 3.62. The van der Waals surface area contributed by atoms with Crippen molar-refractivity contribution in [2.45, 2.75) is 26.5 Å². The SMILES string of the molecule is COC(=O)[C@@H](NC(=O)c1cc(COc2cccc(OC)c2)on1)C(C)C. The van der Waals surface area contributed by atoms with Crippen molar-refractivity contribution in [2.24, 2.45) is 5.92 Å². The Hall–Kier alpha value is -3.03. The van der Waals surface area contributed by atoms with E-state index in [1.165, 1.54) is 13.2 Å². The van der Waals surface area contributed by atoms with Crippen LogP contribution in [0.25, 0.3) is 0 Å². The largest absolute Gasteiger partial charge is 0.497 e. The summed E-state index contributed by atoms with van der Waals surface area (Å²) < 4.78 is 20.5. The molecule has 1 N–H and O–H groups in total. The van der Waals surface area contributed by atoms with Crippen LogP contribution in [-0.4, -0.2) is 37.3 Å². The van der Waals surface area contributed by atoms with E-state index in [9.17, 15) is 9.59 Å². The van der Waals surface area contributed by atoms with E-state index in [4.69, 9.17) is 18.7 Å². The van der Waals surface area contributed by atoms with Crippen LogP contribution in [0, 0.1) is 5.92 Å². The summed E-state index contributed by atoms with van der Waals surface area (Å²) in [5, 5.41) is 6.31. The zero-order valence-corrected chi connectivity index (χ0v) is 15.1. The van der Waals surface area contributed by atoms with E-state index >= 15 is 0 Å². The lowest BCUT2D eigenvalue weighted by Crippen LogP contribution is -2.45. The Bertz CT molecular complexity index is 756. The standard InChI is InChI=1S/C18H22N2O6/c1-11(2)16(18(22)24-4)19-17(21)15-9-14(26-20-15)10-25-13-7-5-6-12(8-13)23-3/h5-9,11,16H,10H2,1-4H3,(H,19,21)/t16-/m0/s1. The number of benzene rings is 1. The number of esters is 1. The van der Waals surface area contributed by atoms with Gasteiger partial charge in [-0.2, -0.15) is 0 Å². The van der Waals surface area contributed by atoms with Gasteiger partial charge in [0.25, 0.3) is 5.91 Å². The average molecular weight is 362 g/mol. The lowest BCUT2D eigenvalue weighted by atomic mass is 10.0. The van der Waals surface area contributed by atoms with E-state index in [0.717, 1.165) is 0 Å². The summed E-state index contributed by atoms with van der Waals surface area (Å²) in [5.41, 5.74) is 0.0591. The number of carbonyl (C=O) groups is 2. The highest BCUT2D eigenvalue weighted by molar-refractivity contribution is 5.95. The molecule has 0 unspecified atom stereocenters. The molecule has 26 heavy (non-hydrogen) atoms. The molecule has 8 nitrogen and oxygen atoms in total. The van der Waals surface area contributed by atoms with Crippen LogP contribution in [0.2, 0.25) is 0 Å². The molecule has 2 rings (SSSR count). The van der Waals surface area contributed by atoms with Gasteiger partial charge in [0.15, 0.2) is 11.5 Å². The molecule has 1 aromatic carbocycles. The second-order valence-electron chi connectivity index (χ2n) is 5.86. The van der Waals surface area contributed by atoms with Crippen LogP contribution in [0.1, 0.15) is 30.1 Å². The maximum atomic E-state index is 12.3. The number of hydrogen-bond acceptors (Lipinski definition) is 7. The molecule has 1 heterocycles. The summed E-state index contributed by atoms with van der Waals surface area (Å²) in [6.07, 6.45) is 0. The fourth-order valence-corrected chi connectivity index (χ4v) is 2.17. The number of ether oxygens (including phenoxy) is 3. The van der Waals surface area contributed by atoms with Crippen LogP contribution in [0.3, 0.4) is 0 Å². The summed E-state index contributed by atoms with van der Waals surface area (Å²) in [6, 6.07) is 7.80. The molecule has 0 aliphatic carbocycles. The van der Waals surface area contributed by atoms with Crippen molar-refractivity contribution in [3.8, 4) is 11.5 Å². The monoisotopic (exact) mass is 362 g/mol. The van der Waals surface area contributed by atoms with E-state index in [1.807, 2.05) is 0 Å². The minimum atomic E-state index is -0.763. The summed E-state index contributed by atoms with van der Waals surface area (Å²) in [5.74, 6) is 0.468. The van der Waals surface area contributed by atoms with Crippen LogP contribution in [0.5, 0.6) is 11.5 Å². The van der Waals surface area contributed by atoms with Gasteiger partial charge >= 0.3 is 5.97 Å². The van der Waals surface area contributed by atoms with Gasteiger partial charge in [0.2, 0.25) is 0 Å². The maximum Gasteiger partial charge on any atom is 0.328 e. The van der Waals surface area contributed by atoms with Crippen LogP contribution < -0.4 is 14.8 Å². The van der Waals surface area contributed by atoms with Gasteiger partial charge in [-0.15, -0.1) is 0 Å². The molecule has 0 bridgehead atoms. The molecule has 0 fully saturated rings. The number of methoxy groups -OCH3 is 2. The first-order valence-corrected chi connectivity index (χ1v) is 8.05. The predicted octanol–water partition coefficient (Wildman–Crippen LogP) is 2.19. The maximum absolute atomic E-state index is 12.3. The summed E-state index contributed by atoms with van der Waals surface area (Å²) >= 11 is 0. The van der Waals surface area contributed by atoms with E-state index in [2.05, 4.69) is 10.5 Å². The van der Waals surface area contributed by atoms with E-state index in [0.29, 0.717) is 17.3 Å². The summed E-state index contributed by atoms with van der Waals surface area (Å²) in [4.78, 5) is 24.0. The number of aromatic nitrogens is 1. The zero-order valence-electron chi connectivity index (χ0n) is 15.1. The van der Waals surface area contributed by atoms with Crippen molar-refractivity contribution in [2.75, 3.05) is 14.2 Å². The lowest BCUT2D eigenvalue weighted by Gasteiger charge is -2.18. The number of nitrogens with one attached hydrogen (secondary N) is 1. The van der Waals surface area contributed by atoms with Gasteiger partial charge in [-0.25, -0.2) is 4.79 Å². The van der Waals surface area contributed by atoms with Crippen LogP contribution in [0.15, 0.2) is 34.9 Å². The highest BCUT2D eigenvalue weighted by atomic mass is 16.5. The number of nitrogens with zero attached hydrogens (tertiary/aromatic N) is 1. The first kappa shape index (κ1) is 19.3. The van der Waals surface area contributed by atoms with E-state index in [-0.39, 0.29) is 18.2 Å². The van der Waals surface area contributed by atoms with Crippen molar-refractivity contribution in [3.63, 3.8) is 0 Å². The highest BCUT2D eigenvalue weighted by Gasteiger charge is 2.26. The van der Waals surface area contributed by atoms with Gasteiger partial charge in [-0.1, -0.05) is 25.1 Å². The molecule has 0 aliphatic heterocycles. The molecular formula is C18H22N2O6. The Morgan fingerprint density at radius 1 is 1.19 bits per heavy atom. The van der Waals surface area contributed by atoms with Crippen molar-refractivity contribution < 1.29 is 28.3 Å². The molecule has 1 atom stereocenters. The smallest absolute Gasteiger partial charge is 0.328 e. The molecule has 2 aromatic rings. The Balaban J connectivity index is 1.97. The topological polar surface area (TPSA) is 99.9 Å². The Kier molecular flexibility index (Phi) is 6.60. The summed E-state index contributed by atoms with van der Waals surface area (Å²) in [7, 11) is 2.84. The normalized spacial score (nSPS) is 11.7. The second-order valence-corrected chi connectivity index (χ2v) is 5.86. The third kappa shape index (κ3) is 4.98. The van der Waals surface area contributed by atoms with Gasteiger partial charge in [-0.3, -0.25) is 4.79 Å². The van der Waals surface area contributed by atoms with Crippen molar-refractivity contribution >= 4 is 11.9 Å². The third-order valence-electron chi connectivity index (χ3n) is 3.62. The predicted molar refractivity (Wildman–Crippen MR) is 91.9 cm³/mol. The lowest BCUT2D eigenvalue weighted by molar-refractivity contribution is -0.144. The second kappa shape index (κ2) is 8.89. The van der Waals surface area contributed by atoms with Crippen molar-refractivity contribution in [3.05, 3.63) is 41.8 Å². The van der Waals surface area contributed by atoms with Gasteiger partial charge in [0, 0.05) is 12.1 Å². The molecule has 1 aromatic heterocycles. The number of rotatable bonds is 8. The first-order valence-electron chi connectivity index (χ1n) is 8.05. The Morgan fingerprint density at radius 2 is 1.92 bits per heavy atom. The highest BCUT2D eigenvalue weighted by Crippen LogP contribution is 2.20. The number of hydrogen-bond donors (Lipinski definition) is 1. The molecular weight excluding hydrogens is 340 g/mol. The molecule has 0 saturated heterocycles. The Labute approximate surface area is 151 Å². The van der Waals surface area contributed by atoms with Gasteiger partial charge < -0.3 is 24.1 Å². The average Bonchev–Trinajstić information content (AvgIpc) is 3.12. The molecule has 0 aliphatic rings. The molecule has 8 heteroatoms. The Morgan fingerprint density at radius 3 is 2.58 bits per heavy atom. The van der Waals surface area contributed by atoms with Gasteiger partial charge in [0.1, 0.15) is 24.1 Å². The fourth-order valence-electron chi connectivity index (χ4n) is 2.17. The fraction of sp³-hybridized carbons (Fsp3) is 0.389. The van der Waals surface area contributed by atoms with Crippen molar-refractivity contribution in [1.29, 1.82) is 0 Å². The van der Waals surface area contributed by atoms with Gasteiger partial charge in [-0.05, 0) is 18.1 Å². The van der Waals surface area contributed by atoms with Crippen LogP contribution in [0.4, 0.5) is 0 Å². The molecule has 0 radical (unpaired) electrons. The minimum Gasteiger partial charge on any atom is -0.497 e. The quantitative estimate of drug-likeness (QED) is 0.719. The van der Waals surface area contributed by atoms with Gasteiger partial charge in [0.05, 0.1) is 14.2 Å². The molecule has 0 saturated carbocycles. The molecule has 1 amide bonds. The van der Waals surface area contributed by atoms with Crippen molar-refractivity contribution in [1.82, 2.24) is 10.5 Å². The van der Waals surface area contributed by atoms with E-state index < -0.39 is 17.9 Å². The summed E-state index contributed by atoms with van der Waals surface area (Å²) in [6.45, 7) is 3.70.